The lowest BCUT2D eigenvalue weighted by atomic mass is 10.0. The fourth-order valence-electron chi connectivity index (χ4n) is 4.90. The van der Waals surface area contributed by atoms with Crippen molar-refractivity contribution in [2.45, 2.75) is 38.3 Å². The van der Waals surface area contributed by atoms with Crippen molar-refractivity contribution >= 4 is 16.6 Å². The number of ether oxygens (including phenoxy) is 1. The van der Waals surface area contributed by atoms with Gasteiger partial charge in [0.1, 0.15) is 18.2 Å². The van der Waals surface area contributed by atoms with Gasteiger partial charge in [0.05, 0.1) is 16.6 Å². The number of fused-ring (bicyclic) bond motifs is 1. The molecule has 5 rings (SSSR count). The van der Waals surface area contributed by atoms with Gasteiger partial charge in [-0.05, 0) is 50.3 Å². The lowest BCUT2D eigenvalue weighted by Gasteiger charge is -2.25. The Bertz CT molecular complexity index is 1320. The minimum atomic E-state index is -0.681. The number of aryl methyl sites for hydroxylation is 1. The summed E-state index contributed by atoms with van der Waals surface area (Å²) in [6.45, 7) is 3.35. The van der Waals surface area contributed by atoms with E-state index in [1.54, 1.807) is 11.5 Å². The molecule has 9 heteroatoms. The van der Waals surface area contributed by atoms with E-state index in [9.17, 15) is 9.59 Å². The molecule has 2 aliphatic rings. The number of halogens is 1. The van der Waals surface area contributed by atoms with Crippen molar-refractivity contribution < 1.29 is 9.13 Å². The molecule has 2 heterocycles. The molecule has 2 fully saturated rings. The van der Waals surface area contributed by atoms with Gasteiger partial charge in [-0.3, -0.25) is 9.36 Å². The lowest BCUT2D eigenvalue weighted by Crippen LogP contribution is -2.44. The third kappa shape index (κ3) is 3.76. The smallest absolute Gasteiger partial charge is 0.350 e. The number of nitrogens with zero attached hydrogens (tertiary/aromatic N) is 3. The molecule has 174 valence electrons. The molecule has 1 saturated heterocycles. The minimum absolute atomic E-state index is 0.0118. The van der Waals surface area contributed by atoms with E-state index in [2.05, 4.69) is 0 Å². The van der Waals surface area contributed by atoms with Gasteiger partial charge in [0, 0.05) is 30.7 Å². The van der Waals surface area contributed by atoms with Crippen molar-refractivity contribution in [3.63, 3.8) is 0 Å². The Labute approximate surface area is 190 Å². The van der Waals surface area contributed by atoms with Crippen LogP contribution in [0.3, 0.4) is 0 Å². The lowest BCUT2D eigenvalue weighted by molar-refractivity contribution is 0.253. The van der Waals surface area contributed by atoms with Gasteiger partial charge >= 0.3 is 5.69 Å². The summed E-state index contributed by atoms with van der Waals surface area (Å²) in [5.74, 6) is 6.11. The van der Waals surface area contributed by atoms with Crippen LogP contribution in [0.1, 0.15) is 30.9 Å². The molecule has 0 amide bonds. The molecule has 1 unspecified atom stereocenters. The number of rotatable bonds is 6. The number of anilines is 1. The minimum Gasteiger partial charge on any atom is -0.492 e. The third-order valence-electron chi connectivity index (χ3n) is 6.81. The van der Waals surface area contributed by atoms with Gasteiger partial charge in [-0.1, -0.05) is 18.2 Å². The maximum atomic E-state index is 15.3. The number of aromatic nitrogens is 2. The maximum absolute atomic E-state index is 15.3. The van der Waals surface area contributed by atoms with E-state index in [0.717, 1.165) is 25.0 Å². The zero-order valence-corrected chi connectivity index (χ0v) is 18.5. The third-order valence-corrected chi connectivity index (χ3v) is 6.81. The Balaban J connectivity index is 1.44. The van der Waals surface area contributed by atoms with Crippen molar-refractivity contribution in [3.8, 4) is 5.75 Å². The number of benzene rings is 2. The maximum Gasteiger partial charge on any atom is 0.350 e. The molecule has 4 N–H and O–H groups in total. The molecule has 33 heavy (non-hydrogen) atoms. The van der Waals surface area contributed by atoms with Crippen molar-refractivity contribution in [1.29, 1.82) is 0 Å². The first-order valence-electron chi connectivity index (χ1n) is 11.3. The fraction of sp³-hybridized carbons (Fsp3) is 0.417. The Hall–Kier alpha value is -3.33. The Morgan fingerprint density at radius 2 is 1.91 bits per heavy atom. The van der Waals surface area contributed by atoms with Crippen LogP contribution in [0.15, 0.2) is 46.0 Å². The predicted octanol–water partition coefficient (Wildman–Crippen LogP) is 1.89. The predicted molar refractivity (Wildman–Crippen MR) is 126 cm³/mol. The molecule has 0 radical (unpaired) electrons. The van der Waals surface area contributed by atoms with Gasteiger partial charge < -0.3 is 21.2 Å². The van der Waals surface area contributed by atoms with E-state index in [1.807, 2.05) is 35.2 Å². The molecule has 3 aromatic rings. The molecule has 1 saturated carbocycles. The Morgan fingerprint density at radius 1 is 1.18 bits per heavy atom. The molecule has 0 spiro atoms. The summed E-state index contributed by atoms with van der Waals surface area (Å²) in [5, 5.41) is 0.131. The van der Waals surface area contributed by atoms with Gasteiger partial charge in [0.25, 0.3) is 5.56 Å². The average Bonchev–Trinajstić information content (AvgIpc) is 3.53. The fourth-order valence-corrected chi connectivity index (χ4v) is 4.90. The highest BCUT2D eigenvalue weighted by molar-refractivity contribution is 5.87. The van der Waals surface area contributed by atoms with Crippen molar-refractivity contribution in [2.24, 2.45) is 11.7 Å². The van der Waals surface area contributed by atoms with Gasteiger partial charge in [-0.15, -0.1) is 0 Å². The Kier molecular flexibility index (Phi) is 5.36. The van der Waals surface area contributed by atoms with Crippen LogP contribution in [0.2, 0.25) is 0 Å². The number of hydrogen-bond donors (Lipinski definition) is 2. The van der Waals surface area contributed by atoms with Crippen LogP contribution in [-0.2, 0) is 0 Å². The van der Waals surface area contributed by atoms with E-state index < -0.39 is 17.1 Å². The molecule has 0 bridgehead atoms. The summed E-state index contributed by atoms with van der Waals surface area (Å²) in [4.78, 5) is 27.3. The van der Waals surface area contributed by atoms with Crippen LogP contribution in [0.4, 0.5) is 10.1 Å². The summed E-state index contributed by atoms with van der Waals surface area (Å²) in [6, 6.07) is 10.5. The zero-order valence-electron chi connectivity index (χ0n) is 18.5. The van der Waals surface area contributed by atoms with Crippen LogP contribution >= 0.6 is 0 Å². The Morgan fingerprint density at radius 3 is 2.61 bits per heavy atom. The molecule has 1 aromatic heterocycles. The monoisotopic (exact) mass is 453 g/mol. The molecule has 1 aliphatic carbocycles. The topological polar surface area (TPSA) is 109 Å². The summed E-state index contributed by atoms with van der Waals surface area (Å²) < 4.78 is 23.3. The van der Waals surface area contributed by atoms with Crippen molar-refractivity contribution in [1.82, 2.24) is 9.24 Å². The van der Waals surface area contributed by atoms with Gasteiger partial charge in [0.15, 0.2) is 0 Å². The quantitative estimate of drug-likeness (QED) is 0.552. The SMILES string of the molecule is Cc1c(N2CCC([C@H](N)COc3ccccc3)C2)c(F)cc2c(=O)n(N)c(=O)n(C3CC3)c12. The summed E-state index contributed by atoms with van der Waals surface area (Å²) >= 11 is 0. The summed E-state index contributed by atoms with van der Waals surface area (Å²) in [6.07, 6.45) is 2.47. The van der Waals surface area contributed by atoms with Gasteiger partial charge in [0.2, 0.25) is 0 Å². The number of para-hydroxylation sites is 1. The number of hydrogen-bond acceptors (Lipinski definition) is 6. The molecule has 2 aromatic carbocycles. The number of nitrogen functional groups attached to an aromatic ring is 1. The van der Waals surface area contributed by atoms with Gasteiger partial charge in [-0.25, -0.2) is 9.18 Å². The van der Waals surface area contributed by atoms with Crippen molar-refractivity contribution in [2.75, 3.05) is 30.4 Å². The first-order chi connectivity index (χ1) is 15.9. The zero-order chi connectivity index (χ0) is 23.3. The van der Waals surface area contributed by atoms with E-state index in [-0.39, 0.29) is 23.4 Å². The van der Waals surface area contributed by atoms with E-state index in [0.29, 0.717) is 41.1 Å². The second-order valence-electron chi connectivity index (χ2n) is 9.07. The largest absolute Gasteiger partial charge is 0.492 e. The van der Waals surface area contributed by atoms with E-state index in [1.165, 1.54) is 6.07 Å². The second kappa shape index (κ2) is 8.22. The van der Waals surface area contributed by atoms with Crippen LogP contribution < -0.4 is 32.5 Å². The first kappa shape index (κ1) is 21.5. The molecule has 1 aliphatic heterocycles. The normalized spacial score (nSPS) is 19.2. The van der Waals surface area contributed by atoms with Gasteiger partial charge in [-0.2, -0.15) is 4.68 Å². The van der Waals surface area contributed by atoms with E-state index >= 15 is 4.39 Å². The highest BCUT2D eigenvalue weighted by atomic mass is 19.1. The van der Waals surface area contributed by atoms with Crippen LogP contribution in [0.25, 0.3) is 10.9 Å². The van der Waals surface area contributed by atoms with Crippen LogP contribution in [-0.4, -0.2) is 35.0 Å². The second-order valence-corrected chi connectivity index (χ2v) is 9.07. The first-order valence-corrected chi connectivity index (χ1v) is 11.3. The summed E-state index contributed by atoms with van der Waals surface area (Å²) in [7, 11) is 0. The highest BCUT2D eigenvalue weighted by Crippen LogP contribution is 2.39. The molecule has 2 atom stereocenters. The molecular weight excluding hydrogens is 425 g/mol. The summed E-state index contributed by atoms with van der Waals surface area (Å²) in [5.41, 5.74) is 6.66. The van der Waals surface area contributed by atoms with E-state index in [4.69, 9.17) is 16.3 Å². The highest BCUT2D eigenvalue weighted by Gasteiger charge is 2.33. The van der Waals surface area contributed by atoms with Crippen LogP contribution in [0, 0.1) is 18.7 Å². The standard InChI is InChI=1S/C24H28FN5O3/c1-14-21-18(23(31)30(27)24(32)29(21)16-7-8-16)11-19(25)22(14)28-10-9-15(12-28)20(26)13-33-17-5-3-2-4-6-17/h2-6,11,15-16,20H,7-10,12-13,26-27H2,1H3/t15?,20-/m1/s1. The molecule has 8 nitrogen and oxygen atoms in total. The van der Waals surface area contributed by atoms with Crippen molar-refractivity contribution in [3.05, 3.63) is 68.6 Å². The van der Waals surface area contributed by atoms with Crippen LogP contribution in [0.5, 0.6) is 5.75 Å². The molecular formula is C24H28FN5O3. The number of nitrogens with two attached hydrogens (primary N) is 2. The average molecular weight is 454 g/mol.